The van der Waals surface area contributed by atoms with Crippen molar-refractivity contribution >= 4 is 17.9 Å². The minimum Gasteiger partial charge on any atom is -0.303 e. The van der Waals surface area contributed by atoms with Crippen LogP contribution in [0.4, 0.5) is 0 Å². The molecule has 1 aliphatic rings. The Bertz CT molecular complexity index is 464. The number of carbonyl (C=O) groups excluding carboxylic acids is 3. The highest BCUT2D eigenvalue weighted by Crippen LogP contribution is 2.41. The first-order chi connectivity index (χ1) is 8.63. The molecular weight excluding hydrogens is 228 g/mol. The number of Topliss-reactive ketones (excluding diaryl/α,β-unsaturated/α-hetero) is 2. The molecule has 0 saturated heterocycles. The molecule has 0 spiro atoms. The number of carbonyl (C=O) groups is 3. The van der Waals surface area contributed by atoms with Crippen molar-refractivity contribution in [3.8, 4) is 0 Å². The fourth-order valence-corrected chi connectivity index (χ4v) is 2.79. The van der Waals surface area contributed by atoms with Crippen molar-refractivity contribution in [1.82, 2.24) is 0 Å². The predicted molar refractivity (Wildman–Crippen MR) is 67.1 cm³/mol. The Balaban J connectivity index is 2.26. The highest BCUT2D eigenvalue weighted by atomic mass is 16.1. The molecule has 1 aliphatic carbocycles. The number of ketones is 2. The minimum absolute atomic E-state index is 0.0334. The molecule has 18 heavy (non-hydrogen) atoms. The maximum Gasteiger partial charge on any atom is 0.137 e. The first-order valence-corrected chi connectivity index (χ1v) is 6.16. The van der Waals surface area contributed by atoms with Crippen LogP contribution in [-0.2, 0) is 14.4 Å². The van der Waals surface area contributed by atoms with E-state index in [1.165, 1.54) is 6.92 Å². The van der Waals surface area contributed by atoms with Gasteiger partial charge in [0.2, 0.25) is 0 Å². The van der Waals surface area contributed by atoms with Gasteiger partial charge in [0.15, 0.2) is 0 Å². The van der Waals surface area contributed by atoms with E-state index in [0.717, 1.165) is 11.8 Å². The Morgan fingerprint density at radius 2 is 2.00 bits per heavy atom. The van der Waals surface area contributed by atoms with Gasteiger partial charge in [0.1, 0.15) is 17.9 Å². The molecule has 0 amide bonds. The standard InChI is InChI=1S/C15H16O3/c1-10(17)7-13-14(9-16)12(8-15(13)18)11-5-3-2-4-6-11/h2-6,9,12-14H,7-8H2,1H3. The van der Waals surface area contributed by atoms with Gasteiger partial charge in [-0.25, -0.2) is 0 Å². The summed E-state index contributed by atoms with van der Waals surface area (Å²) >= 11 is 0. The van der Waals surface area contributed by atoms with Crippen molar-refractivity contribution in [1.29, 1.82) is 0 Å². The Kier molecular flexibility index (Phi) is 3.70. The van der Waals surface area contributed by atoms with Crippen molar-refractivity contribution in [3.63, 3.8) is 0 Å². The van der Waals surface area contributed by atoms with E-state index in [0.29, 0.717) is 6.42 Å². The minimum atomic E-state index is -0.426. The third-order valence-electron chi connectivity index (χ3n) is 3.66. The van der Waals surface area contributed by atoms with Crippen molar-refractivity contribution < 1.29 is 14.4 Å². The quantitative estimate of drug-likeness (QED) is 0.762. The van der Waals surface area contributed by atoms with Gasteiger partial charge in [0.25, 0.3) is 0 Å². The topological polar surface area (TPSA) is 51.2 Å². The average molecular weight is 244 g/mol. The van der Waals surface area contributed by atoms with Gasteiger partial charge in [-0.15, -0.1) is 0 Å². The summed E-state index contributed by atoms with van der Waals surface area (Å²) in [6, 6.07) is 9.58. The number of benzene rings is 1. The molecule has 0 heterocycles. The highest BCUT2D eigenvalue weighted by Gasteiger charge is 2.43. The average Bonchev–Trinajstić information content (AvgIpc) is 2.67. The lowest BCUT2D eigenvalue weighted by atomic mass is 9.84. The molecule has 3 nitrogen and oxygen atoms in total. The number of rotatable bonds is 4. The molecule has 3 atom stereocenters. The van der Waals surface area contributed by atoms with E-state index in [9.17, 15) is 14.4 Å². The molecule has 1 fully saturated rings. The van der Waals surface area contributed by atoms with Crippen LogP contribution in [0.25, 0.3) is 0 Å². The summed E-state index contributed by atoms with van der Waals surface area (Å²) in [6.07, 6.45) is 1.40. The van der Waals surface area contributed by atoms with E-state index in [1.54, 1.807) is 0 Å². The zero-order chi connectivity index (χ0) is 13.1. The molecule has 3 unspecified atom stereocenters. The van der Waals surface area contributed by atoms with Crippen LogP contribution in [0.1, 0.15) is 31.2 Å². The Morgan fingerprint density at radius 3 is 2.56 bits per heavy atom. The molecule has 0 aliphatic heterocycles. The van der Waals surface area contributed by atoms with Crippen molar-refractivity contribution in [2.24, 2.45) is 11.8 Å². The largest absolute Gasteiger partial charge is 0.303 e. The lowest BCUT2D eigenvalue weighted by Crippen LogP contribution is -2.20. The van der Waals surface area contributed by atoms with E-state index < -0.39 is 5.92 Å². The maximum absolute atomic E-state index is 12.0. The lowest BCUT2D eigenvalue weighted by Gasteiger charge is -2.17. The molecule has 2 rings (SSSR count). The SMILES string of the molecule is CC(=O)CC1C(=O)CC(c2ccccc2)C1C=O. The molecule has 3 heteroatoms. The molecule has 1 saturated carbocycles. The summed E-state index contributed by atoms with van der Waals surface area (Å²) in [5, 5.41) is 0. The summed E-state index contributed by atoms with van der Waals surface area (Å²) in [5.41, 5.74) is 1.01. The first kappa shape index (κ1) is 12.7. The first-order valence-electron chi connectivity index (χ1n) is 6.16. The molecule has 0 bridgehead atoms. The molecule has 0 N–H and O–H groups in total. The van der Waals surface area contributed by atoms with Gasteiger partial charge in [-0.1, -0.05) is 30.3 Å². The molecule has 0 radical (unpaired) electrons. The third-order valence-corrected chi connectivity index (χ3v) is 3.66. The van der Waals surface area contributed by atoms with Crippen LogP contribution < -0.4 is 0 Å². The van der Waals surface area contributed by atoms with E-state index in [-0.39, 0.29) is 29.8 Å². The number of aldehydes is 1. The zero-order valence-electron chi connectivity index (χ0n) is 10.3. The van der Waals surface area contributed by atoms with Crippen LogP contribution in [0.2, 0.25) is 0 Å². The van der Waals surface area contributed by atoms with E-state index in [1.807, 2.05) is 30.3 Å². The Morgan fingerprint density at radius 1 is 1.33 bits per heavy atom. The van der Waals surface area contributed by atoms with Crippen LogP contribution >= 0.6 is 0 Å². The molecule has 1 aromatic rings. The fraction of sp³-hybridized carbons (Fsp3) is 0.400. The van der Waals surface area contributed by atoms with Gasteiger partial charge in [-0.05, 0) is 12.5 Å². The van der Waals surface area contributed by atoms with Gasteiger partial charge < -0.3 is 9.59 Å². The summed E-state index contributed by atoms with van der Waals surface area (Å²) in [4.78, 5) is 34.4. The van der Waals surface area contributed by atoms with E-state index in [4.69, 9.17) is 0 Å². The monoisotopic (exact) mass is 244 g/mol. The highest BCUT2D eigenvalue weighted by molar-refractivity contribution is 5.92. The smallest absolute Gasteiger partial charge is 0.137 e. The third kappa shape index (κ3) is 2.40. The summed E-state index contributed by atoms with van der Waals surface area (Å²) in [5.74, 6) is -0.848. The Hall–Kier alpha value is -1.77. The van der Waals surface area contributed by atoms with Gasteiger partial charge in [0.05, 0.1) is 0 Å². The zero-order valence-corrected chi connectivity index (χ0v) is 10.3. The van der Waals surface area contributed by atoms with Gasteiger partial charge >= 0.3 is 0 Å². The van der Waals surface area contributed by atoms with Gasteiger partial charge in [-0.2, -0.15) is 0 Å². The summed E-state index contributed by atoms with van der Waals surface area (Å²) in [7, 11) is 0. The summed E-state index contributed by atoms with van der Waals surface area (Å²) < 4.78 is 0. The number of hydrogen-bond donors (Lipinski definition) is 0. The van der Waals surface area contributed by atoms with E-state index >= 15 is 0 Å². The van der Waals surface area contributed by atoms with Crippen molar-refractivity contribution in [2.45, 2.75) is 25.7 Å². The van der Waals surface area contributed by atoms with Crippen molar-refractivity contribution in [3.05, 3.63) is 35.9 Å². The van der Waals surface area contributed by atoms with Crippen LogP contribution in [0, 0.1) is 11.8 Å². The lowest BCUT2D eigenvalue weighted by molar-refractivity contribution is -0.127. The van der Waals surface area contributed by atoms with Crippen LogP contribution in [0.5, 0.6) is 0 Å². The Labute approximate surface area is 106 Å². The second kappa shape index (κ2) is 5.25. The second-order valence-electron chi connectivity index (χ2n) is 4.91. The molecule has 0 aromatic heterocycles. The van der Waals surface area contributed by atoms with Gasteiger partial charge in [0, 0.05) is 30.6 Å². The van der Waals surface area contributed by atoms with Crippen molar-refractivity contribution in [2.75, 3.05) is 0 Å². The predicted octanol–water partition coefficient (Wildman–Crippen LogP) is 2.15. The fourth-order valence-electron chi connectivity index (χ4n) is 2.79. The molecule has 1 aromatic carbocycles. The maximum atomic E-state index is 12.0. The molecule has 94 valence electrons. The molecular formula is C15H16O3. The van der Waals surface area contributed by atoms with Crippen LogP contribution in [0.15, 0.2) is 30.3 Å². The van der Waals surface area contributed by atoms with Gasteiger partial charge in [-0.3, -0.25) is 4.79 Å². The van der Waals surface area contributed by atoms with Crippen LogP contribution in [0.3, 0.4) is 0 Å². The second-order valence-corrected chi connectivity index (χ2v) is 4.91. The summed E-state index contributed by atoms with van der Waals surface area (Å²) in [6.45, 7) is 1.46. The normalized spacial score (nSPS) is 27.2. The van der Waals surface area contributed by atoms with Crippen LogP contribution in [-0.4, -0.2) is 17.9 Å². The number of hydrogen-bond acceptors (Lipinski definition) is 3. The van der Waals surface area contributed by atoms with E-state index in [2.05, 4.69) is 0 Å².